The molecule has 1 aromatic carbocycles. The Bertz CT molecular complexity index is 573. The van der Waals surface area contributed by atoms with Gasteiger partial charge < -0.3 is 20.3 Å². The molecule has 0 atom stereocenters. The van der Waals surface area contributed by atoms with Crippen LogP contribution >= 0.6 is 0 Å². The van der Waals surface area contributed by atoms with Crippen LogP contribution in [0, 0.1) is 0 Å². The van der Waals surface area contributed by atoms with Crippen molar-refractivity contribution in [3.05, 3.63) is 30.5 Å². The Balaban J connectivity index is 1.94. The smallest absolute Gasteiger partial charge is 0.249 e. The van der Waals surface area contributed by atoms with Gasteiger partial charge in [-0.3, -0.25) is 0 Å². The van der Waals surface area contributed by atoms with Gasteiger partial charge in [0.05, 0.1) is 12.8 Å². The fraction of sp³-hybridized carbons (Fsp3) is 0.400. The average Bonchev–Trinajstić information content (AvgIpc) is 2.50. The van der Waals surface area contributed by atoms with Crippen LogP contribution in [-0.4, -0.2) is 53.9 Å². The van der Waals surface area contributed by atoms with Crippen LogP contribution < -0.4 is 15.4 Å². The summed E-state index contributed by atoms with van der Waals surface area (Å²) in [7, 11) is 4.05. The van der Waals surface area contributed by atoms with Crippen molar-refractivity contribution in [1.82, 2.24) is 20.1 Å². The zero-order chi connectivity index (χ0) is 15.8. The Morgan fingerprint density at radius 3 is 2.64 bits per heavy atom. The SMILES string of the molecule is CCOc1ccc(Nc2nncc(NCCN(C)C)n2)cc1. The maximum absolute atomic E-state index is 5.41. The quantitative estimate of drug-likeness (QED) is 0.772. The van der Waals surface area contributed by atoms with Gasteiger partial charge in [0.25, 0.3) is 0 Å². The lowest BCUT2D eigenvalue weighted by Gasteiger charge is -2.11. The molecule has 7 nitrogen and oxygen atoms in total. The predicted octanol–water partition coefficient (Wildman–Crippen LogP) is 1.99. The number of benzene rings is 1. The van der Waals surface area contributed by atoms with Gasteiger partial charge in [0.15, 0.2) is 5.82 Å². The summed E-state index contributed by atoms with van der Waals surface area (Å²) in [6, 6.07) is 7.64. The number of nitrogens with one attached hydrogen (secondary N) is 2. The highest BCUT2D eigenvalue weighted by atomic mass is 16.5. The van der Waals surface area contributed by atoms with Crippen molar-refractivity contribution in [2.75, 3.05) is 44.4 Å². The normalized spacial score (nSPS) is 10.5. The molecule has 118 valence electrons. The maximum Gasteiger partial charge on any atom is 0.249 e. The summed E-state index contributed by atoms with van der Waals surface area (Å²) >= 11 is 0. The van der Waals surface area contributed by atoms with E-state index in [-0.39, 0.29) is 0 Å². The molecule has 0 radical (unpaired) electrons. The molecule has 22 heavy (non-hydrogen) atoms. The van der Waals surface area contributed by atoms with Gasteiger partial charge in [0.1, 0.15) is 5.75 Å². The van der Waals surface area contributed by atoms with Crippen LogP contribution in [0.4, 0.5) is 17.5 Å². The fourth-order valence-electron chi connectivity index (χ4n) is 1.78. The van der Waals surface area contributed by atoms with E-state index >= 15 is 0 Å². The minimum absolute atomic E-state index is 0.457. The van der Waals surface area contributed by atoms with E-state index in [9.17, 15) is 0 Å². The summed E-state index contributed by atoms with van der Waals surface area (Å²) in [5.74, 6) is 2.00. The van der Waals surface area contributed by atoms with Gasteiger partial charge in [0.2, 0.25) is 5.95 Å². The summed E-state index contributed by atoms with van der Waals surface area (Å²) in [5, 5.41) is 14.3. The van der Waals surface area contributed by atoms with E-state index in [2.05, 4.69) is 30.7 Å². The van der Waals surface area contributed by atoms with Crippen LogP contribution in [0.3, 0.4) is 0 Å². The number of anilines is 3. The molecule has 0 aliphatic carbocycles. The van der Waals surface area contributed by atoms with Crippen LogP contribution in [-0.2, 0) is 0 Å². The highest BCUT2D eigenvalue weighted by molar-refractivity contribution is 5.55. The number of hydrogen-bond acceptors (Lipinski definition) is 7. The lowest BCUT2D eigenvalue weighted by Crippen LogP contribution is -2.21. The molecule has 7 heteroatoms. The molecule has 2 N–H and O–H groups in total. The highest BCUT2D eigenvalue weighted by Gasteiger charge is 2.02. The van der Waals surface area contributed by atoms with Crippen molar-refractivity contribution < 1.29 is 4.74 Å². The second-order valence-corrected chi connectivity index (χ2v) is 4.98. The van der Waals surface area contributed by atoms with Crippen molar-refractivity contribution >= 4 is 17.5 Å². The molecule has 2 aromatic rings. The number of hydrogen-bond donors (Lipinski definition) is 2. The van der Waals surface area contributed by atoms with Gasteiger partial charge in [-0.15, -0.1) is 5.10 Å². The first-order valence-electron chi connectivity index (χ1n) is 7.25. The summed E-state index contributed by atoms with van der Waals surface area (Å²) in [6.45, 7) is 4.33. The largest absolute Gasteiger partial charge is 0.494 e. The van der Waals surface area contributed by atoms with Gasteiger partial charge in [-0.1, -0.05) is 0 Å². The van der Waals surface area contributed by atoms with Gasteiger partial charge in [-0.2, -0.15) is 10.1 Å². The zero-order valence-electron chi connectivity index (χ0n) is 13.2. The monoisotopic (exact) mass is 302 g/mol. The van der Waals surface area contributed by atoms with E-state index in [4.69, 9.17) is 4.74 Å². The molecule has 2 rings (SSSR count). The minimum Gasteiger partial charge on any atom is -0.494 e. The molecule has 0 saturated carbocycles. The third kappa shape index (κ3) is 5.17. The third-order valence-corrected chi connectivity index (χ3v) is 2.85. The minimum atomic E-state index is 0.457. The van der Waals surface area contributed by atoms with Crippen molar-refractivity contribution in [1.29, 1.82) is 0 Å². The van der Waals surface area contributed by atoms with Gasteiger partial charge in [0, 0.05) is 18.8 Å². The van der Waals surface area contributed by atoms with Crippen molar-refractivity contribution in [2.24, 2.45) is 0 Å². The van der Waals surface area contributed by atoms with Crippen LogP contribution in [0.2, 0.25) is 0 Å². The first-order valence-corrected chi connectivity index (χ1v) is 7.25. The number of rotatable bonds is 8. The van der Waals surface area contributed by atoms with Crippen molar-refractivity contribution in [2.45, 2.75) is 6.92 Å². The standard InChI is InChI=1S/C15H22N6O/c1-4-22-13-7-5-12(6-8-13)18-15-19-14(11-17-20-15)16-9-10-21(2)3/h5-8,11H,4,9-10H2,1-3H3,(H2,16,18,19,20). The van der Waals surface area contributed by atoms with Crippen LogP contribution in [0.5, 0.6) is 5.75 Å². The molecule has 0 unspecified atom stereocenters. The van der Waals surface area contributed by atoms with Crippen molar-refractivity contribution in [3.8, 4) is 5.75 Å². The molecule has 1 aromatic heterocycles. The lowest BCUT2D eigenvalue weighted by molar-refractivity contribution is 0.340. The molecule has 0 spiro atoms. The second kappa shape index (κ2) is 8.14. The summed E-state index contributed by atoms with van der Waals surface area (Å²) < 4.78 is 5.41. The predicted molar refractivity (Wildman–Crippen MR) is 87.8 cm³/mol. The first kappa shape index (κ1) is 16.0. The van der Waals surface area contributed by atoms with Crippen molar-refractivity contribution in [3.63, 3.8) is 0 Å². The molecule has 0 saturated heterocycles. The van der Waals surface area contributed by atoms with Crippen LogP contribution in [0.1, 0.15) is 6.92 Å². The lowest BCUT2D eigenvalue weighted by atomic mass is 10.3. The van der Waals surface area contributed by atoms with E-state index in [0.29, 0.717) is 18.4 Å². The first-order chi connectivity index (χ1) is 10.7. The molecular formula is C15H22N6O. The molecule has 0 fully saturated rings. The molecule has 0 aliphatic heterocycles. The Morgan fingerprint density at radius 2 is 1.95 bits per heavy atom. The maximum atomic E-state index is 5.41. The molecule has 0 aliphatic rings. The van der Waals surface area contributed by atoms with Gasteiger partial charge in [-0.25, -0.2) is 0 Å². The number of likely N-dealkylation sites (N-methyl/N-ethyl adjacent to an activating group) is 1. The molecule has 0 amide bonds. The second-order valence-electron chi connectivity index (χ2n) is 4.98. The number of aromatic nitrogens is 3. The zero-order valence-corrected chi connectivity index (χ0v) is 13.2. The summed E-state index contributed by atoms with van der Waals surface area (Å²) in [5.41, 5.74) is 0.885. The van der Waals surface area contributed by atoms with Crippen LogP contribution in [0.25, 0.3) is 0 Å². The Morgan fingerprint density at radius 1 is 1.18 bits per heavy atom. The number of ether oxygens (including phenoxy) is 1. The van der Waals surface area contributed by atoms with Crippen LogP contribution in [0.15, 0.2) is 30.5 Å². The Labute approximate surface area is 130 Å². The van der Waals surface area contributed by atoms with E-state index in [1.807, 2.05) is 45.3 Å². The molecular weight excluding hydrogens is 280 g/mol. The van der Waals surface area contributed by atoms with Gasteiger partial charge in [-0.05, 0) is 45.3 Å². The summed E-state index contributed by atoms with van der Waals surface area (Å²) in [6.07, 6.45) is 1.61. The van der Waals surface area contributed by atoms with E-state index in [1.165, 1.54) is 0 Å². The van der Waals surface area contributed by atoms with E-state index < -0.39 is 0 Å². The Hall–Kier alpha value is -2.41. The summed E-state index contributed by atoms with van der Waals surface area (Å²) in [4.78, 5) is 6.48. The van der Waals surface area contributed by atoms with E-state index in [1.54, 1.807) is 6.20 Å². The van der Waals surface area contributed by atoms with Gasteiger partial charge >= 0.3 is 0 Å². The average molecular weight is 302 g/mol. The van der Waals surface area contributed by atoms with E-state index in [0.717, 1.165) is 24.5 Å². The molecule has 1 heterocycles. The third-order valence-electron chi connectivity index (χ3n) is 2.85. The number of nitrogens with zero attached hydrogens (tertiary/aromatic N) is 4. The molecule has 0 bridgehead atoms. The fourth-order valence-corrected chi connectivity index (χ4v) is 1.78. The highest BCUT2D eigenvalue weighted by Crippen LogP contribution is 2.18. The topological polar surface area (TPSA) is 75.2 Å². The Kier molecular flexibility index (Phi) is 5.91.